The quantitative estimate of drug-likeness (QED) is 0.834. The van der Waals surface area contributed by atoms with E-state index in [9.17, 15) is 9.59 Å². The lowest BCUT2D eigenvalue weighted by atomic mass is 10.0. The van der Waals surface area contributed by atoms with E-state index in [0.29, 0.717) is 43.6 Å². The predicted molar refractivity (Wildman–Crippen MR) is 99.4 cm³/mol. The van der Waals surface area contributed by atoms with Crippen molar-refractivity contribution in [1.82, 2.24) is 20.0 Å². The second kappa shape index (κ2) is 7.95. The first-order chi connectivity index (χ1) is 12.6. The van der Waals surface area contributed by atoms with Crippen LogP contribution in [0, 0.1) is 0 Å². The van der Waals surface area contributed by atoms with Gasteiger partial charge in [0.1, 0.15) is 0 Å². The molecule has 1 saturated heterocycles. The van der Waals surface area contributed by atoms with Crippen molar-refractivity contribution in [3.8, 4) is 0 Å². The third kappa shape index (κ3) is 4.17. The van der Waals surface area contributed by atoms with Gasteiger partial charge in [0.15, 0.2) is 11.5 Å². The van der Waals surface area contributed by atoms with Gasteiger partial charge in [-0.15, -0.1) is 10.2 Å². The Morgan fingerprint density at radius 2 is 1.73 bits per heavy atom. The fraction of sp³-hybridized carbons (Fsp3) is 0.368. The summed E-state index contributed by atoms with van der Waals surface area (Å²) < 4.78 is 0. The first-order valence-electron chi connectivity index (χ1n) is 8.76. The van der Waals surface area contributed by atoms with E-state index in [1.807, 2.05) is 12.1 Å². The molecule has 0 bridgehead atoms. The molecule has 1 aromatic heterocycles. The lowest BCUT2D eigenvalue weighted by Gasteiger charge is -2.32. The van der Waals surface area contributed by atoms with Crippen LogP contribution < -0.4 is 5.32 Å². The van der Waals surface area contributed by atoms with Crippen molar-refractivity contribution in [2.75, 3.05) is 31.5 Å². The number of hydrogen-bond donors (Lipinski definition) is 1. The molecule has 0 unspecified atom stereocenters. The third-order valence-corrected chi connectivity index (χ3v) is 4.48. The number of piperazine rings is 1. The van der Waals surface area contributed by atoms with Gasteiger partial charge in [-0.25, -0.2) is 0 Å². The maximum Gasteiger partial charge on any atom is 0.274 e. The maximum absolute atomic E-state index is 12.5. The van der Waals surface area contributed by atoms with Crippen LogP contribution in [0.1, 0.15) is 35.8 Å². The van der Waals surface area contributed by atoms with Gasteiger partial charge < -0.3 is 15.1 Å². The zero-order valence-corrected chi connectivity index (χ0v) is 15.1. The summed E-state index contributed by atoms with van der Waals surface area (Å²) in [5, 5.41) is 11.3. The maximum atomic E-state index is 12.5. The van der Waals surface area contributed by atoms with Crippen molar-refractivity contribution >= 4 is 23.8 Å². The first-order valence-corrected chi connectivity index (χ1v) is 8.76. The molecule has 1 aromatic carbocycles. The molecular formula is C19H23N5O2. The highest BCUT2D eigenvalue weighted by atomic mass is 16.2. The second-order valence-corrected chi connectivity index (χ2v) is 6.64. The van der Waals surface area contributed by atoms with E-state index in [2.05, 4.69) is 41.5 Å². The minimum Gasteiger partial charge on any atom is -0.342 e. The number of rotatable bonds is 5. The average molecular weight is 353 g/mol. The fourth-order valence-electron chi connectivity index (χ4n) is 2.80. The summed E-state index contributed by atoms with van der Waals surface area (Å²) in [6.45, 7) is 6.44. The molecule has 1 aliphatic rings. The zero-order valence-electron chi connectivity index (χ0n) is 15.1. The standard InChI is InChI=1S/C19H23N5O2/c1-14(2)15-3-5-16(6-4-15)20-18-8-7-17(21-22-18)19(26)24-11-9-23(13-25)10-12-24/h3-8,13-14H,9-12H2,1-2H3,(H,20,22). The molecule has 0 saturated carbocycles. The van der Waals surface area contributed by atoms with Gasteiger partial charge in [-0.05, 0) is 35.7 Å². The predicted octanol–water partition coefficient (Wildman–Crippen LogP) is 2.26. The second-order valence-electron chi connectivity index (χ2n) is 6.64. The highest BCUT2D eigenvalue weighted by molar-refractivity contribution is 5.92. The molecule has 0 radical (unpaired) electrons. The summed E-state index contributed by atoms with van der Waals surface area (Å²) in [5.74, 6) is 0.919. The van der Waals surface area contributed by atoms with Gasteiger partial charge in [-0.2, -0.15) is 0 Å². The number of nitrogens with zero attached hydrogens (tertiary/aromatic N) is 4. The van der Waals surface area contributed by atoms with Crippen LogP contribution in [-0.2, 0) is 4.79 Å². The number of carbonyl (C=O) groups excluding carboxylic acids is 2. The van der Waals surface area contributed by atoms with E-state index >= 15 is 0 Å². The van der Waals surface area contributed by atoms with Gasteiger partial charge in [0.05, 0.1) is 0 Å². The molecule has 136 valence electrons. The lowest BCUT2D eigenvalue weighted by Crippen LogP contribution is -2.48. The Hall–Kier alpha value is -2.96. The molecule has 7 heteroatoms. The smallest absolute Gasteiger partial charge is 0.274 e. The number of hydrogen-bond acceptors (Lipinski definition) is 5. The molecular weight excluding hydrogens is 330 g/mol. The van der Waals surface area contributed by atoms with Crippen LogP contribution >= 0.6 is 0 Å². The minimum atomic E-state index is -0.157. The monoisotopic (exact) mass is 353 g/mol. The van der Waals surface area contributed by atoms with Crippen LogP contribution in [0.25, 0.3) is 0 Å². The number of carbonyl (C=O) groups is 2. The van der Waals surface area contributed by atoms with E-state index in [-0.39, 0.29) is 5.91 Å². The van der Waals surface area contributed by atoms with Crippen LogP contribution in [0.4, 0.5) is 11.5 Å². The van der Waals surface area contributed by atoms with Crippen molar-refractivity contribution in [1.29, 1.82) is 0 Å². The Morgan fingerprint density at radius 3 is 2.27 bits per heavy atom. The lowest BCUT2D eigenvalue weighted by molar-refractivity contribution is -0.119. The Labute approximate surface area is 153 Å². The highest BCUT2D eigenvalue weighted by Crippen LogP contribution is 2.19. The van der Waals surface area contributed by atoms with E-state index in [1.165, 1.54) is 5.56 Å². The van der Waals surface area contributed by atoms with E-state index in [0.717, 1.165) is 12.1 Å². The van der Waals surface area contributed by atoms with Crippen molar-refractivity contribution in [2.24, 2.45) is 0 Å². The average Bonchev–Trinajstić information content (AvgIpc) is 2.68. The number of anilines is 2. The molecule has 1 fully saturated rings. The van der Waals surface area contributed by atoms with Crippen molar-refractivity contribution in [3.63, 3.8) is 0 Å². The summed E-state index contributed by atoms with van der Waals surface area (Å²) in [6.07, 6.45) is 0.815. The largest absolute Gasteiger partial charge is 0.342 e. The van der Waals surface area contributed by atoms with E-state index < -0.39 is 0 Å². The van der Waals surface area contributed by atoms with Crippen LogP contribution in [0.5, 0.6) is 0 Å². The number of aromatic nitrogens is 2. The van der Waals surface area contributed by atoms with Gasteiger partial charge in [0.25, 0.3) is 5.91 Å². The third-order valence-electron chi connectivity index (χ3n) is 4.48. The van der Waals surface area contributed by atoms with Crippen LogP contribution in [0.2, 0.25) is 0 Å². The number of amides is 2. The van der Waals surface area contributed by atoms with Crippen molar-refractivity contribution in [2.45, 2.75) is 19.8 Å². The van der Waals surface area contributed by atoms with E-state index in [4.69, 9.17) is 0 Å². The summed E-state index contributed by atoms with van der Waals surface area (Å²) >= 11 is 0. The zero-order chi connectivity index (χ0) is 18.5. The molecule has 26 heavy (non-hydrogen) atoms. The first kappa shape index (κ1) is 17.8. The van der Waals surface area contributed by atoms with Gasteiger partial charge in [0.2, 0.25) is 6.41 Å². The molecule has 3 rings (SSSR count). The molecule has 2 amide bonds. The Bertz CT molecular complexity index is 751. The van der Waals surface area contributed by atoms with Crippen molar-refractivity contribution in [3.05, 3.63) is 47.7 Å². The summed E-state index contributed by atoms with van der Waals surface area (Å²) in [7, 11) is 0. The fourth-order valence-corrected chi connectivity index (χ4v) is 2.80. The molecule has 0 aliphatic carbocycles. The molecule has 2 heterocycles. The molecule has 0 atom stereocenters. The normalized spacial score (nSPS) is 14.4. The molecule has 1 N–H and O–H groups in total. The SMILES string of the molecule is CC(C)c1ccc(Nc2ccc(C(=O)N3CCN(C=O)CC3)nn2)cc1. The minimum absolute atomic E-state index is 0.157. The van der Waals surface area contributed by atoms with Gasteiger partial charge in [-0.1, -0.05) is 26.0 Å². The van der Waals surface area contributed by atoms with Gasteiger partial charge >= 0.3 is 0 Å². The Balaban J connectivity index is 1.61. The van der Waals surface area contributed by atoms with Crippen LogP contribution in [0.3, 0.4) is 0 Å². The Kier molecular flexibility index (Phi) is 5.46. The molecule has 0 spiro atoms. The molecule has 1 aliphatic heterocycles. The van der Waals surface area contributed by atoms with Crippen molar-refractivity contribution < 1.29 is 9.59 Å². The number of nitrogens with one attached hydrogen (secondary N) is 1. The summed E-state index contributed by atoms with van der Waals surface area (Å²) in [5.41, 5.74) is 2.51. The number of benzene rings is 1. The van der Waals surface area contributed by atoms with Gasteiger partial charge in [-0.3, -0.25) is 9.59 Å². The molecule has 7 nitrogen and oxygen atoms in total. The highest BCUT2D eigenvalue weighted by Gasteiger charge is 2.22. The van der Waals surface area contributed by atoms with E-state index in [1.54, 1.807) is 21.9 Å². The van der Waals surface area contributed by atoms with Crippen LogP contribution in [0.15, 0.2) is 36.4 Å². The summed E-state index contributed by atoms with van der Waals surface area (Å²) in [6, 6.07) is 11.6. The van der Waals surface area contributed by atoms with Gasteiger partial charge in [0, 0.05) is 31.9 Å². The van der Waals surface area contributed by atoms with Crippen LogP contribution in [-0.4, -0.2) is 58.5 Å². The molecule has 2 aromatic rings. The summed E-state index contributed by atoms with van der Waals surface area (Å²) in [4.78, 5) is 26.6. The Morgan fingerprint density at radius 1 is 1.04 bits per heavy atom. The topological polar surface area (TPSA) is 78.4 Å².